The number of anilines is 1. The van der Waals surface area contributed by atoms with Gasteiger partial charge in [-0.05, 0) is 0 Å². The lowest BCUT2D eigenvalue weighted by atomic mass is 10.2. The van der Waals surface area contributed by atoms with Gasteiger partial charge in [0.2, 0.25) is 5.75 Å². The first-order valence-corrected chi connectivity index (χ1v) is 5.82. The van der Waals surface area contributed by atoms with Crippen molar-refractivity contribution in [3.05, 3.63) is 24.7 Å². The number of imidazole rings is 1. The molecule has 7 heteroatoms. The second kappa shape index (κ2) is 5.71. The van der Waals surface area contributed by atoms with E-state index in [1.807, 2.05) is 12.1 Å². The van der Waals surface area contributed by atoms with Crippen molar-refractivity contribution in [2.24, 2.45) is 0 Å². The van der Waals surface area contributed by atoms with Gasteiger partial charge in [0.1, 0.15) is 6.33 Å². The number of hydrogen-bond donors (Lipinski definition) is 1. The normalized spacial score (nSPS) is 10.1. The largest absolute Gasteiger partial charge is 0.493 e. The predicted molar refractivity (Wildman–Crippen MR) is 72.7 cm³/mol. The Morgan fingerprint density at radius 1 is 1.11 bits per heavy atom. The lowest BCUT2D eigenvalue weighted by Gasteiger charge is -2.14. The molecule has 1 N–H and O–H groups in total. The summed E-state index contributed by atoms with van der Waals surface area (Å²) in [6, 6.07) is 3.64. The summed E-state index contributed by atoms with van der Waals surface area (Å²) >= 11 is 5.50. The van der Waals surface area contributed by atoms with Crippen molar-refractivity contribution in [2.75, 3.05) is 26.2 Å². The first kappa shape index (κ1) is 13.4. The number of ether oxygens (including phenoxy) is 3. The molecule has 6 nitrogen and oxygen atoms in total. The third kappa shape index (κ3) is 2.53. The molecule has 0 unspecified atom stereocenters. The van der Waals surface area contributed by atoms with Crippen LogP contribution in [0.3, 0.4) is 0 Å². The molecule has 1 aromatic heterocycles. The fourth-order valence-corrected chi connectivity index (χ4v) is 1.83. The summed E-state index contributed by atoms with van der Waals surface area (Å²) in [4.78, 5) is 6.52. The summed E-state index contributed by atoms with van der Waals surface area (Å²) in [5.74, 6) is 2.25. The fourth-order valence-electron chi connectivity index (χ4n) is 1.73. The highest BCUT2D eigenvalue weighted by atomic mass is 35.5. The van der Waals surface area contributed by atoms with Crippen LogP contribution in [0.4, 0.5) is 5.82 Å². The van der Waals surface area contributed by atoms with Gasteiger partial charge in [0.15, 0.2) is 17.3 Å². The summed E-state index contributed by atoms with van der Waals surface area (Å²) in [5, 5.41) is 0. The number of nitrogens with zero attached hydrogens (tertiary/aromatic N) is 2. The summed E-state index contributed by atoms with van der Waals surface area (Å²) < 4.78 is 17.6. The smallest absolute Gasteiger partial charge is 0.203 e. The highest BCUT2D eigenvalue weighted by Crippen LogP contribution is 2.39. The molecule has 1 heterocycles. The van der Waals surface area contributed by atoms with Crippen LogP contribution in [0.5, 0.6) is 17.2 Å². The number of benzene rings is 1. The van der Waals surface area contributed by atoms with Crippen molar-refractivity contribution in [2.45, 2.75) is 0 Å². The van der Waals surface area contributed by atoms with Crippen LogP contribution in [0.15, 0.2) is 24.7 Å². The average molecular weight is 284 g/mol. The molecule has 0 bridgehead atoms. The van der Waals surface area contributed by atoms with E-state index < -0.39 is 0 Å². The van der Waals surface area contributed by atoms with Crippen LogP contribution >= 0.6 is 11.8 Å². The van der Waals surface area contributed by atoms with Crippen molar-refractivity contribution < 1.29 is 14.2 Å². The van der Waals surface area contributed by atoms with E-state index >= 15 is 0 Å². The number of hydrogen-bond acceptors (Lipinski definition) is 5. The highest BCUT2D eigenvalue weighted by molar-refractivity contribution is 6.23. The van der Waals surface area contributed by atoms with Gasteiger partial charge in [-0.15, -0.1) is 0 Å². The van der Waals surface area contributed by atoms with Gasteiger partial charge in [0, 0.05) is 23.9 Å². The molecule has 0 atom stereocenters. The lowest BCUT2D eigenvalue weighted by molar-refractivity contribution is 0.324. The zero-order chi connectivity index (χ0) is 13.8. The number of rotatable bonds is 5. The Labute approximate surface area is 116 Å². The topological polar surface area (TPSA) is 57.5 Å². The van der Waals surface area contributed by atoms with Gasteiger partial charge in [0.05, 0.1) is 33.2 Å². The Hall–Kier alpha value is -2.08. The molecule has 2 rings (SSSR count). The molecule has 19 heavy (non-hydrogen) atoms. The molecule has 0 saturated carbocycles. The van der Waals surface area contributed by atoms with E-state index in [9.17, 15) is 0 Å². The number of methoxy groups -OCH3 is 3. The van der Waals surface area contributed by atoms with Crippen LogP contribution in [0.25, 0.3) is 5.69 Å². The van der Waals surface area contributed by atoms with Crippen molar-refractivity contribution in [3.8, 4) is 22.9 Å². The fraction of sp³-hybridized carbons (Fsp3) is 0.250. The van der Waals surface area contributed by atoms with E-state index in [1.54, 1.807) is 38.4 Å². The number of aromatic nitrogens is 2. The van der Waals surface area contributed by atoms with Gasteiger partial charge < -0.3 is 18.8 Å². The summed E-state index contributed by atoms with van der Waals surface area (Å²) in [6.45, 7) is 0. The molecule has 0 aliphatic carbocycles. The summed E-state index contributed by atoms with van der Waals surface area (Å²) in [6.07, 6.45) is 3.37. The molecule has 0 aliphatic rings. The van der Waals surface area contributed by atoms with E-state index in [-0.39, 0.29) is 0 Å². The number of halogens is 1. The van der Waals surface area contributed by atoms with Gasteiger partial charge in [-0.25, -0.2) is 4.98 Å². The number of nitrogens with one attached hydrogen (secondary N) is 1. The molecule has 102 valence electrons. The molecule has 0 radical (unpaired) electrons. The first-order valence-electron chi connectivity index (χ1n) is 5.44. The quantitative estimate of drug-likeness (QED) is 0.854. The lowest BCUT2D eigenvalue weighted by Crippen LogP contribution is -1.98. The molecule has 0 amide bonds. The van der Waals surface area contributed by atoms with Crippen molar-refractivity contribution in [3.63, 3.8) is 0 Å². The summed E-state index contributed by atoms with van der Waals surface area (Å²) in [5.41, 5.74) is 0.820. The third-order valence-corrected chi connectivity index (χ3v) is 2.82. The van der Waals surface area contributed by atoms with Gasteiger partial charge in [0.25, 0.3) is 0 Å². The van der Waals surface area contributed by atoms with Crippen LogP contribution in [0.2, 0.25) is 0 Å². The monoisotopic (exact) mass is 283 g/mol. The molecular formula is C12H14ClN3O3. The predicted octanol–water partition coefficient (Wildman–Crippen LogP) is 2.46. The Morgan fingerprint density at radius 3 is 2.16 bits per heavy atom. The van der Waals surface area contributed by atoms with Crippen molar-refractivity contribution >= 4 is 17.6 Å². The van der Waals surface area contributed by atoms with Crippen LogP contribution in [0, 0.1) is 0 Å². The molecule has 1 aromatic carbocycles. The maximum atomic E-state index is 5.50. The maximum Gasteiger partial charge on any atom is 0.203 e. The zero-order valence-electron chi connectivity index (χ0n) is 10.8. The minimum Gasteiger partial charge on any atom is -0.493 e. The Morgan fingerprint density at radius 2 is 1.74 bits per heavy atom. The molecule has 0 fully saturated rings. The molecule has 0 aliphatic heterocycles. The average Bonchev–Trinajstić information content (AvgIpc) is 2.94. The van der Waals surface area contributed by atoms with E-state index in [0.717, 1.165) is 5.69 Å². The second-order valence-electron chi connectivity index (χ2n) is 3.64. The first-order chi connectivity index (χ1) is 9.23. The molecule has 0 saturated heterocycles. The minimum absolute atomic E-state index is 0.546. The van der Waals surface area contributed by atoms with E-state index in [2.05, 4.69) is 9.82 Å². The van der Waals surface area contributed by atoms with Crippen LogP contribution < -0.4 is 19.0 Å². The van der Waals surface area contributed by atoms with Crippen molar-refractivity contribution in [1.82, 2.24) is 9.55 Å². The van der Waals surface area contributed by atoms with Crippen LogP contribution in [-0.4, -0.2) is 30.9 Å². The molecular weight excluding hydrogens is 270 g/mol. The Balaban J connectivity index is 2.51. The van der Waals surface area contributed by atoms with E-state index in [1.165, 1.54) is 0 Å². The van der Waals surface area contributed by atoms with Gasteiger partial charge in [-0.3, -0.25) is 4.84 Å². The molecule has 2 aromatic rings. The standard InChI is InChI=1S/C12H14ClN3O3/c1-17-9-4-8(5-10(18-2)12(9)19-3)16-6-11(15-13)14-7-16/h4-7,15H,1-3H3. The highest BCUT2D eigenvalue weighted by Gasteiger charge is 2.14. The molecule has 0 spiro atoms. The SMILES string of the molecule is COc1cc(-n2cnc(NCl)c2)cc(OC)c1OC. The van der Waals surface area contributed by atoms with Gasteiger partial charge in [-0.2, -0.15) is 0 Å². The Kier molecular flexibility index (Phi) is 4.01. The third-order valence-electron chi connectivity index (χ3n) is 2.63. The van der Waals surface area contributed by atoms with E-state index in [4.69, 9.17) is 26.0 Å². The second-order valence-corrected chi connectivity index (χ2v) is 3.83. The maximum absolute atomic E-state index is 5.50. The zero-order valence-corrected chi connectivity index (χ0v) is 11.6. The van der Waals surface area contributed by atoms with E-state index in [0.29, 0.717) is 23.1 Å². The Bertz CT molecular complexity index is 546. The van der Waals surface area contributed by atoms with Crippen LogP contribution in [0.1, 0.15) is 0 Å². The van der Waals surface area contributed by atoms with Gasteiger partial charge >= 0.3 is 0 Å². The van der Waals surface area contributed by atoms with Crippen LogP contribution in [-0.2, 0) is 0 Å². The minimum atomic E-state index is 0.546. The van der Waals surface area contributed by atoms with Crippen molar-refractivity contribution in [1.29, 1.82) is 0 Å². The summed E-state index contributed by atoms with van der Waals surface area (Å²) in [7, 11) is 4.70. The van der Waals surface area contributed by atoms with Gasteiger partial charge in [-0.1, -0.05) is 0 Å².